The fourth-order valence-electron chi connectivity index (χ4n) is 4.01. The van der Waals surface area contributed by atoms with E-state index in [0.717, 1.165) is 4.90 Å². The van der Waals surface area contributed by atoms with Gasteiger partial charge in [0.15, 0.2) is 0 Å². The summed E-state index contributed by atoms with van der Waals surface area (Å²) in [5, 5.41) is 8.72. The van der Waals surface area contributed by atoms with Crippen LogP contribution < -0.4 is 25.4 Å². The lowest BCUT2D eigenvalue weighted by Crippen LogP contribution is -2.30. The Kier molecular flexibility index (Phi) is 11.3. The Labute approximate surface area is 269 Å². The van der Waals surface area contributed by atoms with Crippen LogP contribution in [0.15, 0.2) is 102 Å². The molecule has 0 fully saturated rings. The summed E-state index contributed by atoms with van der Waals surface area (Å²) in [4.78, 5) is 40.1. The molecule has 0 saturated carbocycles. The van der Waals surface area contributed by atoms with Gasteiger partial charge in [0.1, 0.15) is 17.2 Å². The van der Waals surface area contributed by atoms with Gasteiger partial charge < -0.3 is 25.4 Å². The maximum absolute atomic E-state index is 13.6. The van der Waals surface area contributed by atoms with Crippen LogP contribution in [0.25, 0.3) is 6.08 Å². The number of ether oxygens (including phenoxy) is 2. The number of hydrogen-bond acceptors (Lipinski definition) is 6. The van der Waals surface area contributed by atoms with Gasteiger partial charge in [-0.05, 0) is 73.7 Å². The molecule has 0 saturated heterocycles. The Bertz CT molecular complexity index is 1680. The van der Waals surface area contributed by atoms with Crippen molar-refractivity contribution in [3.8, 4) is 11.5 Å². The zero-order valence-corrected chi connectivity index (χ0v) is 26.3. The Morgan fingerprint density at radius 1 is 0.795 bits per heavy atom. The van der Waals surface area contributed by atoms with Gasteiger partial charge in [-0.25, -0.2) is 0 Å². The van der Waals surface area contributed by atoms with Gasteiger partial charge in [0.05, 0.1) is 19.5 Å². The number of halogens is 2. The molecule has 0 spiro atoms. The zero-order chi connectivity index (χ0) is 31.6. The molecule has 4 aromatic carbocycles. The second kappa shape index (κ2) is 15.3. The van der Waals surface area contributed by atoms with Crippen LogP contribution in [0.3, 0.4) is 0 Å². The van der Waals surface area contributed by atoms with E-state index in [1.165, 1.54) is 32.1 Å². The van der Waals surface area contributed by atoms with Crippen LogP contribution in [0.2, 0.25) is 10.0 Å². The molecular formula is C33H29Cl2N3O5S. The maximum atomic E-state index is 13.6. The molecule has 0 aliphatic carbocycles. The number of thioether (sulfide) groups is 1. The predicted molar refractivity (Wildman–Crippen MR) is 177 cm³/mol. The van der Waals surface area contributed by atoms with Gasteiger partial charge in [-0.1, -0.05) is 47.5 Å². The quantitative estimate of drug-likeness (QED) is 0.114. The van der Waals surface area contributed by atoms with Gasteiger partial charge in [-0.3, -0.25) is 14.4 Å². The average Bonchev–Trinajstić information content (AvgIpc) is 3.00. The molecule has 3 N–H and O–H groups in total. The molecule has 0 heterocycles. The summed E-state index contributed by atoms with van der Waals surface area (Å²) in [7, 11) is 3.04. The summed E-state index contributed by atoms with van der Waals surface area (Å²) in [6.07, 6.45) is 1.53. The van der Waals surface area contributed by atoms with Crippen LogP contribution in [0.5, 0.6) is 11.5 Å². The van der Waals surface area contributed by atoms with Gasteiger partial charge in [0.2, 0.25) is 5.91 Å². The molecule has 0 aliphatic rings. The number of anilines is 2. The van der Waals surface area contributed by atoms with Crippen LogP contribution in [0, 0.1) is 0 Å². The van der Waals surface area contributed by atoms with Gasteiger partial charge in [-0.2, -0.15) is 0 Å². The first kappa shape index (κ1) is 32.5. The van der Waals surface area contributed by atoms with Gasteiger partial charge in [0, 0.05) is 43.5 Å². The number of nitrogens with one attached hydrogen (secondary N) is 3. The predicted octanol–water partition coefficient (Wildman–Crippen LogP) is 7.54. The van der Waals surface area contributed by atoms with E-state index in [-0.39, 0.29) is 11.6 Å². The molecule has 0 aromatic heterocycles. The normalized spacial score (nSPS) is 11.7. The Balaban J connectivity index is 1.53. The number of amides is 3. The molecule has 1 atom stereocenters. The fourth-order valence-corrected chi connectivity index (χ4v) is 5.46. The van der Waals surface area contributed by atoms with Crippen LogP contribution >= 0.6 is 35.0 Å². The monoisotopic (exact) mass is 649 g/mol. The second-order valence-electron chi connectivity index (χ2n) is 9.38. The highest BCUT2D eigenvalue weighted by Crippen LogP contribution is 2.29. The number of benzene rings is 4. The summed E-state index contributed by atoms with van der Waals surface area (Å²) in [5.41, 5.74) is 1.89. The van der Waals surface area contributed by atoms with Crippen molar-refractivity contribution >= 4 is 70.1 Å². The summed E-state index contributed by atoms with van der Waals surface area (Å²) >= 11 is 13.4. The van der Waals surface area contributed by atoms with Crippen LogP contribution in [-0.4, -0.2) is 37.2 Å². The first-order valence-electron chi connectivity index (χ1n) is 13.3. The van der Waals surface area contributed by atoms with Crippen molar-refractivity contribution in [3.63, 3.8) is 0 Å². The van der Waals surface area contributed by atoms with Gasteiger partial charge in [0.25, 0.3) is 11.8 Å². The molecular weight excluding hydrogens is 621 g/mol. The highest BCUT2D eigenvalue weighted by atomic mass is 35.5. The SMILES string of the molecule is COc1ccc(/C=C(/NC(=O)c2ccccc2)C(=O)Nc2cccc(SC(C)C(=O)Nc3cc(Cl)cc(Cl)c3)c2)c(OC)c1. The van der Waals surface area contributed by atoms with Crippen molar-refractivity contribution in [2.24, 2.45) is 0 Å². The molecule has 8 nitrogen and oxygen atoms in total. The number of rotatable bonds is 11. The third-order valence-corrected chi connectivity index (χ3v) is 7.70. The fraction of sp³-hybridized carbons (Fsp3) is 0.121. The largest absolute Gasteiger partial charge is 0.497 e. The maximum Gasteiger partial charge on any atom is 0.272 e. The first-order chi connectivity index (χ1) is 21.1. The minimum Gasteiger partial charge on any atom is -0.497 e. The van der Waals surface area contributed by atoms with E-state index in [9.17, 15) is 14.4 Å². The van der Waals surface area contributed by atoms with Gasteiger partial charge >= 0.3 is 0 Å². The summed E-state index contributed by atoms with van der Waals surface area (Å²) in [6.45, 7) is 1.76. The van der Waals surface area contributed by atoms with Crippen LogP contribution in [-0.2, 0) is 9.59 Å². The Hall–Kier alpha value is -4.44. The van der Waals surface area contributed by atoms with E-state index in [1.807, 2.05) is 6.07 Å². The molecule has 3 amide bonds. The highest BCUT2D eigenvalue weighted by Gasteiger charge is 2.18. The summed E-state index contributed by atoms with van der Waals surface area (Å²) in [5.74, 6) is -0.228. The molecule has 11 heteroatoms. The Morgan fingerprint density at radius 3 is 2.20 bits per heavy atom. The van der Waals surface area contributed by atoms with E-state index < -0.39 is 17.1 Å². The van der Waals surface area contributed by atoms with Crippen molar-refractivity contribution < 1.29 is 23.9 Å². The van der Waals surface area contributed by atoms with E-state index >= 15 is 0 Å². The third kappa shape index (κ3) is 9.03. The highest BCUT2D eigenvalue weighted by molar-refractivity contribution is 8.00. The molecule has 0 bridgehead atoms. The summed E-state index contributed by atoms with van der Waals surface area (Å²) in [6, 6.07) is 25.6. The minimum atomic E-state index is -0.557. The van der Waals surface area contributed by atoms with E-state index in [0.29, 0.717) is 44.0 Å². The minimum absolute atomic E-state index is 0.00620. The van der Waals surface area contributed by atoms with Crippen molar-refractivity contribution in [2.75, 3.05) is 24.9 Å². The number of carbonyl (C=O) groups excluding carboxylic acids is 3. The van der Waals surface area contributed by atoms with E-state index in [1.54, 1.807) is 91.9 Å². The van der Waals surface area contributed by atoms with Crippen LogP contribution in [0.1, 0.15) is 22.8 Å². The molecule has 226 valence electrons. The lowest BCUT2D eigenvalue weighted by Gasteiger charge is -2.15. The van der Waals surface area contributed by atoms with E-state index in [4.69, 9.17) is 32.7 Å². The molecule has 0 radical (unpaired) electrons. The topological polar surface area (TPSA) is 106 Å². The van der Waals surface area contributed by atoms with Crippen molar-refractivity contribution in [1.82, 2.24) is 5.32 Å². The molecule has 1 unspecified atom stereocenters. The molecule has 4 aromatic rings. The lowest BCUT2D eigenvalue weighted by molar-refractivity contribution is -0.115. The third-order valence-electron chi connectivity index (χ3n) is 6.17. The van der Waals surface area contributed by atoms with Crippen molar-refractivity contribution in [3.05, 3.63) is 118 Å². The zero-order valence-electron chi connectivity index (χ0n) is 24.0. The average molecular weight is 651 g/mol. The number of hydrogen-bond donors (Lipinski definition) is 3. The van der Waals surface area contributed by atoms with Crippen molar-refractivity contribution in [2.45, 2.75) is 17.1 Å². The lowest BCUT2D eigenvalue weighted by atomic mass is 10.1. The Morgan fingerprint density at radius 2 is 1.52 bits per heavy atom. The van der Waals surface area contributed by atoms with Crippen LogP contribution in [0.4, 0.5) is 11.4 Å². The smallest absolute Gasteiger partial charge is 0.272 e. The van der Waals surface area contributed by atoms with E-state index in [2.05, 4.69) is 16.0 Å². The number of methoxy groups -OCH3 is 2. The molecule has 4 rings (SSSR count). The molecule has 44 heavy (non-hydrogen) atoms. The second-order valence-corrected chi connectivity index (χ2v) is 11.7. The van der Waals surface area contributed by atoms with Gasteiger partial charge in [-0.15, -0.1) is 11.8 Å². The van der Waals surface area contributed by atoms with Crippen molar-refractivity contribution in [1.29, 1.82) is 0 Å². The standard InChI is InChI=1S/C33H29Cl2N3O5S/c1-20(31(39)37-26-16-23(34)15-24(35)17-26)44-28-11-7-10-25(18-28)36-33(41)29(38-32(40)21-8-5-4-6-9-21)14-22-12-13-27(42-2)19-30(22)43-3/h4-20H,1-3H3,(H,36,41)(H,37,39)(H,38,40)/b29-14+. The first-order valence-corrected chi connectivity index (χ1v) is 14.9. The molecule has 0 aliphatic heterocycles. The number of carbonyl (C=O) groups is 3. The summed E-state index contributed by atoms with van der Waals surface area (Å²) < 4.78 is 10.8.